The first-order chi connectivity index (χ1) is 9.70. The molecule has 0 aliphatic carbocycles. The molecule has 2 rings (SSSR count). The zero-order valence-corrected chi connectivity index (χ0v) is 11.7. The molecule has 3 nitrogen and oxygen atoms in total. The molecule has 3 N–H and O–H groups in total. The number of benzene rings is 2. The molecule has 0 aliphatic heterocycles. The quantitative estimate of drug-likeness (QED) is 0.819. The summed E-state index contributed by atoms with van der Waals surface area (Å²) in [5, 5.41) is 2.97. The monoisotopic (exact) mass is 268 g/mol. The maximum Gasteiger partial charge on any atom is 0.251 e. The van der Waals surface area contributed by atoms with Crippen LogP contribution in [0.5, 0.6) is 0 Å². The van der Waals surface area contributed by atoms with E-state index in [1.165, 1.54) is 5.56 Å². The maximum atomic E-state index is 12.1. The summed E-state index contributed by atoms with van der Waals surface area (Å²) in [6.45, 7) is 2.68. The average Bonchev–Trinajstić information content (AvgIpc) is 2.49. The summed E-state index contributed by atoms with van der Waals surface area (Å²) in [6.07, 6.45) is 1.67. The van der Waals surface area contributed by atoms with Crippen LogP contribution >= 0.6 is 0 Å². The molecule has 0 aromatic heterocycles. The number of nitrogen functional groups attached to an aromatic ring is 1. The zero-order valence-electron chi connectivity index (χ0n) is 11.7. The Hall–Kier alpha value is -2.29. The van der Waals surface area contributed by atoms with E-state index in [0.29, 0.717) is 6.54 Å². The molecular weight excluding hydrogens is 248 g/mol. The summed E-state index contributed by atoms with van der Waals surface area (Å²) in [5.74, 6) is -0.00195. The minimum atomic E-state index is -0.00195. The first-order valence-corrected chi connectivity index (χ1v) is 6.91. The Kier molecular flexibility index (Phi) is 4.77. The van der Waals surface area contributed by atoms with Gasteiger partial charge in [-0.2, -0.15) is 0 Å². The molecule has 0 fully saturated rings. The van der Waals surface area contributed by atoms with Crippen molar-refractivity contribution in [2.24, 2.45) is 0 Å². The molecular formula is C17H20N2O. The summed E-state index contributed by atoms with van der Waals surface area (Å²) in [5.41, 5.74) is 9.42. The number of nitrogens with one attached hydrogen (secondary N) is 1. The van der Waals surface area contributed by atoms with Gasteiger partial charge in [0.1, 0.15) is 0 Å². The van der Waals surface area contributed by atoms with Gasteiger partial charge in [0.15, 0.2) is 0 Å². The molecule has 2 aromatic carbocycles. The van der Waals surface area contributed by atoms with Crippen molar-refractivity contribution in [3.63, 3.8) is 0 Å². The number of hydrogen-bond acceptors (Lipinski definition) is 2. The van der Waals surface area contributed by atoms with Crippen LogP contribution in [-0.2, 0) is 12.8 Å². The molecule has 1 amide bonds. The van der Waals surface area contributed by atoms with Gasteiger partial charge in [-0.25, -0.2) is 0 Å². The van der Waals surface area contributed by atoms with E-state index in [9.17, 15) is 4.79 Å². The third kappa shape index (κ3) is 3.60. The number of nitrogens with two attached hydrogens (primary N) is 1. The Bertz CT molecular complexity index is 576. The number of amides is 1. The fourth-order valence-electron chi connectivity index (χ4n) is 2.15. The molecule has 0 unspecified atom stereocenters. The van der Waals surface area contributed by atoms with E-state index in [1.54, 1.807) is 0 Å². The normalized spacial score (nSPS) is 10.2. The molecule has 0 heterocycles. The lowest BCUT2D eigenvalue weighted by Gasteiger charge is -2.09. The van der Waals surface area contributed by atoms with E-state index in [0.717, 1.165) is 29.7 Å². The molecule has 2 aromatic rings. The number of anilines is 1. The van der Waals surface area contributed by atoms with Crippen LogP contribution in [0.3, 0.4) is 0 Å². The SMILES string of the molecule is CCc1ccccc1C(=O)NCCc1ccc(N)cc1. The van der Waals surface area contributed by atoms with Crippen LogP contribution in [0.25, 0.3) is 0 Å². The van der Waals surface area contributed by atoms with E-state index in [4.69, 9.17) is 5.73 Å². The lowest BCUT2D eigenvalue weighted by molar-refractivity contribution is 0.0953. The van der Waals surface area contributed by atoms with Gasteiger partial charge in [-0.05, 0) is 42.2 Å². The highest BCUT2D eigenvalue weighted by atomic mass is 16.1. The summed E-state index contributed by atoms with van der Waals surface area (Å²) in [7, 11) is 0. The number of carbonyl (C=O) groups is 1. The Morgan fingerprint density at radius 1 is 1.10 bits per heavy atom. The second kappa shape index (κ2) is 6.75. The average molecular weight is 268 g/mol. The van der Waals surface area contributed by atoms with Crippen molar-refractivity contribution >= 4 is 11.6 Å². The van der Waals surface area contributed by atoms with Crippen LogP contribution in [-0.4, -0.2) is 12.5 Å². The first-order valence-electron chi connectivity index (χ1n) is 6.91. The van der Waals surface area contributed by atoms with Gasteiger partial charge >= 0.3 is 0 Å². The van der Waals surface area contributed by atoms with Crippen molar-refractivity contribution in [1.82, 2.24) is 5.32 Å². The highest BCUT2D eigenvalue weighted by Gasteiger charge is 2.08. The van der Waals surface area contributed by atoms with E-state index >= 15 is 0 Å². The Morgan fingerprint density at radius 2 is 1.80 bits per heavy atom. The van der Waals surface area contributed by atoms with Crippen molar-refractivity contribution < 1.29 is 4.79 Å². The predicted molar refractivity (Wildman–Crippen MR) is 82.7 cm³/mol. The van der Waals surface area contributed by atoms with E-state index in [-0.39, 0.29) is 5.91 Å². The lowest BCUT2D eigenvalue weighted by Crippen LogP contribution is -2.26. The molecule has 104 valence electrons. The topological polar surface area (TPSA) is 55.1 Å². The Labute approximate surface area is 119 Å². The molecule has 0 radical (unpaired) electrons. The van der Waals surface area contributed by atoms with Gasteiger partial charge in [-0.1, -0.05) is 37.3 Å². The van der Waals surface area contributed by atoms with Crippen molar-refractivity contribution in [3.05, 3.63) is 65.2 Å². The number of hydrogen-bond donors (Lipinski definition) is 2. The minimum Gasteiger partial charge on any atom is -0.399 e. The van der Waals surface area contributed by atoms with Gasteiger partial charge in [0.05, 0.1) is 0 Å². The van der Waals surface area contributed by atoms with Crippen molar-refractivity contribution in [1.29, 1.82) is 0 Å². The highest BCUT2D eigenvalue weighted by molar-refractivity contribution is 5.95. The van der Waals surface area contributed by atoms with E-state index < -0.39 is 0 Å². The third-order valence-corrected chi connectivity index (χ3v) is 3.32. The molecule has 0 saturated carbocycles. The molecule has 0 bridgehead atoms. The maximum absolute atomic E-state index is 12.1. The molecule has 0 saturated heterocycles. The minimum absolute atomic E-state index is 0.00195. The second-order valence-corrected chi connectivity index (χ2v) is 4.76. The molecule has 0 aliphatic rings. The van der Waals surface area contributed by atoms with Gasteiger partial charge in [-0.15, -0.1) is 0 Å². The van der Waals surface area contributed by atoms with E-state index in [1.807, 2.05) is 48.5 Å². The summed E-state index contributed by atoms with van der Waals surface area (Å²) in [6, 6.07) is 15.5. The molecule has 20 heavy (non-hydrogen) atoms. The van der Waals surface area contributed by atoms with Crippen LogP contribution < -0.4 is 11.1 Å². The first kappa shape index (κ1) is 14.1. The highest BCUT2D eigenvalue weighted by Crippen LogP contribution is 2.09. The third-order valence-electron chi connectivity index (χ3n) is 3.32. The van der Waals surface area contributed by atoms with Crippen LogP contribution in [0.4, 0.5) is 5.69 Å². The summed E-state index contributed by atoms with van der Waals surface area (Å²) in [4.78, 5) is 12.1. The van der Waals surface area contributed by atoms with Gasteiger partial charge in [0.2, 0.25) is 0 Å². The fourth-order valence-corrected chi connectivity index (χ4v) is 2.15. The van der Waals surface area contributed by atoms with Gasteiger partial charge < -0.3 is 11.1 Å². The predicted octanol–water partition coefficient (Wildman–Crippen LogP) is 2.80. The van der Waals surface area contributed by atoms with Crippen molar-refractivity contribution in [2.75, 3.05) is 12.3 Å². The van der Waals surface area contributed by atoms with Crippen molar-refractivity contribution in [3.8, 4) is 0 Å². The second-order valence-electron chi connectivity index (χ2n) is 4.76. The van der Waals surface area contributed by atoms with E-state index in [2.05, 4.69) is 12.2 Å². The Balaban J connectivity index is 1.90. The summed E-state index contributed by atoms with van der Waals surface area (Å²) < 4.78 is 0. The standard InChI is InChI=1S/C17H20N2O/c1-2-14-5-3-4-6-16(14)17(20)19-12-11-13-7-9-15(18)10-8-13/h3-10H,2,11-12,18H2,1H3,(H,19,20). The number of carbonyl (C=O) groups excluding carboxylic acids is 1. The van der Waals surface area contributed by atoms with Gasteiger partial charge in [-0.3, -0.25) is 4.79 Å². The smallest absolute Gasteiger partial charge is 0.251 e. The fraction of sp³-hybridized carbons (Fsp3) is 0.235. The molecule has 0 spiro atoms. The van der Waals surface area contributed by atoms with Crippen LogP contribution in [0, 0.1) is 0 Å². The number of aryl methyl sites for hydroxylation is 1. The lowest BCUT2D eigenvalue weighted by atomic mass is 10.0. The van der Waals surface area contributed by atoms with Crippen LogP contribution in [0.15, 0.2) is 48.5 Å². The molecule has 0 atom stereocenters. The van der Waals surface area contributed by atoms with Crippen LogP contribution in [0.1, 0.15) is 28.4 Å². The van der Waals surface area contributed by atoms with Crippen LogP contribution in [0.2, 0.25) is 0 Å². The zero-order chi connectivity index (χ0) is 14.4. The Morgan fingerprint density at radius 3 is 2.50 bits per heavy atom. The largest absolute Gasteiger partial charge is 0.399 e. The molecule has 3 heteroatoms. The number of rotatable bonds is 5. The summed E-state index contributed by atoms with van der Waals surface area (Å²) >= 11 is 0. The van der Waals surface area contributed by atoms with Gasteiger partial charge in [0.25, 0.3) is 5.91 Å². The van der Waals surface area contributed by atoms with Crippen molar-refractivity contribution in [2.45, 2.75) is 19.8 Å². The van der Waals surface area contributed by atoms with Gasteiger partial charge in [0, 0.05) is 17.8 Å².